The third kappa shape index (κ3) is 6.09. The molecule has 2 aromatic carbocycles. The van der Waals surface area contributed by atoms with Crippen molar-refractivity contribution in [1.82, 2.24) is 0 Å². The van der Waals surface area contributed by atoms with Crippen molar-refractivity contribution in [2.24, 2.45) is 15.3 Å². The van der Waals surface area contributed by atoms with Crippen LogP contribution >= 0.6 is 11.8 Å². The number of hydrogen-bond donors (Lipinski definition) is 0. The predicted molar refractivity (Wildman–Crippen MR) is 115 cm³/mol. The van der Waals surface area contributed by atoms with Crippen LogP contribution in [-0.4, -0.2) is 36.9 Å². The van der Waals surface area contributed by atoms with Gasteiger partial charge in [-0.3, -0.25) is 4.99 Å². The van der Waals surface area contributed by atoms with Crippen LogP contribution in [0.4, 0.5) is 13.2 Å². The first-order valence-electron chi connectivity index (χ1n) is 8.86. The van der Waals surface area contributed by atoms with Crippen LogP contribution in [0.15, 0.2) is 63.8 Å². The molecular weight excluding hydrogens is 415 g/mol. The van der Waals surface area contributed by atoms with E-state index in [0.29, 0.717) is 22.0 Å². The van der Waals surface area contributed by atoms with E-state index < -0.39 is 11.7 Å². The monoisotopic (exact) mass is 437 g/mol. The zero-order valence-corrected chi connectivity index (χ0v) is 17.8. The second-order valence-electron chi connectivity index (χ2n) is 6.04. The minimum Gasteiger partial charge on any atom is -0.399 e. The fourth-order valence-corrected chi connectivity index (χ4v) is 3.16. The Morgan fingerprint density at radius 3 is 2.43 bits per heavy atom. The van der Waals surface area contributed by atoms with Gasteiger partial charge in [0.1, 0.15) is 24.5 Å². The normalized spacial score (nSPS) is 13.4. The second kappa shape index (κ2) is 10.8. The molecule has 0 aliphatic rings. The first-order chi connectivity index (χ1) is 14.3. The Labute approximate surface area is 177 Å². The highest BCUT2D eigenvalue weighted by Gasteiger charge is 2.30. The van der Waals surface area contributed by atoms with Gasteiger partial charge < -0.3 is 9.68 Å². The van der Waals surface area contributed by atoms with Gasteiger partial charge >= 0.3 is 6.18 Å². The van der Waals surface area contributed by atoms with Gasteiger partial charge in [0, 0.05) is 18.2 Å². The number of oxime groups is 2. The van der Waals surface area contributed by atoms with E-state index in [4.69, 9.17) is 9.68 Å². The lowest BCUT2D eigenvalue weighted by atomic mass is 10.0. The zero-order valence-electron chi connectivity index (χ0n) is 17.0. The van der Waals surface area contributed by atoms with E-state index in [9.17, 15) is 13.2 Å². The van der Waals surface area contributed by atoms with Crippen molar-refractivity contribution in [2.45, 2.75) is 19.7 Å². The van der Waals surface area contributed by atoms with Crippen LogP contribution in [0.3, 0.4) is 0 Å². The minimum atomic E-state index is -4.41. The highest BCUT2D eigenvalue weighted by Crippen LogP contribution is 2.29. The molecule has 0 fully saturated rings. The summed E-state index contributed by atoms with van der Waals surface area (Å²) in [4.78, 5) is 14.6. The largest absolute Gasteiger partial charge is 0.416 e. The lowest BCUT2D eigenvalue weighted by molar-refractivity contribution is -0.137. The van der Waals surface area contributed by atoms with Crippen molar-refractivity contribution in [1.29, 1.82) is 0 Å². The molecule has 30 heavy (non-hydrogen) atoms. The molecule has 0 aliphatic carbocycles. The third-order valence-corrected chi connectivity index (χ3v) is 4.85. The Kier molecular flexibility index (Phi) is 8.46. The van der Waals surface area contributed by atoms with Gasteiger partial charge in [-0.05, 0) is 30.9 Å². The number of hydrogen-bond acceptors (Lipinski definition) is 6. The van der Waals surface area contributed by atoms with Crippen molar-refractivity contribution in [2.75, 3.05) is 20.4 Å². The van der Waals surface area contributed by atoms with Gasteiger partial charge in [-0.25, -0.2) is 0 Å². The first-order valence-corrected chi connectivity index (χ1v) is 10.1. The zero-order chi connectivity index (χ0) is 22.1. The van der Waals surface area contributed by atoms with Crippen molar-refractivity contribution >= 4 is 28.2 Å². The van der Waals surface area contributed by atoms with E-state index in [2.05, 4.69) is 15.3 Å². The second-order valence-corrected chi connectivity index (χ2v) is 6.84. The van der Waals surface area contributed by atoms with Gasteiger partial charge in [-0.15, -0.1) is 11.8 Å². The van der Waals surface area contributed by atoms with Crippen molar-refractivity contribution in [3.05, 3.63) is 70.8 Å². The summed E-state index contributed by atoms with van der Waals surface area (Å²) < 4.78 is 38.7. The average Bonchev–Trinajstić information content (AvgIpc) is 2.74. The molecule has 0 saturated heterocycles. The fourth-order valence-electron chi connectivity index (χ4n) is 2.64. The summed E-state index contributed by atoms with van der Waals surface area (Å²) in [6.07, 6.45) is -2.53. The Morgan fingerprint density at radius 2 is 1.80 bits per heavy atom. The summed E-state index contributed by atoms with van der Waals surface area (Å²) in [6.45, 7) is 1.69. The van der Waals surface area contributed by atoms with Gasteiger partial charge in [0.05, 0.1) is 11.3 Å². The number of nitrogens with zero attached hydrogens (tertiary/aromatic N) is 3. The SMILES string of the molecule is CN=C(SC)/C(=N\OC)c1ccccc1CO/N=C(/C)c1cccc(C(F)(F)F)c1. The summed E-state index contributed by atoms with van der Waals surface area (Å²) in [5.74, 6) is 0. The molecular formula is C21H22F3N3O2S. The van der Waals surface area contributed by atoms with Gasteiger partial charge in [0.15, 0.2) is 0 Å². The summed E-state index contributed by atoms with van der Waals surface area (Å²) in [6, 6.07) is 12.4. The average molecular weight is 437 g/mol. The molecule has 0 unspecified atom stereocenters. The summed E-state index contributed by atoms with van der Waals surface area (Å²) in [5, 5.41) is 8.76. The molecule has 9 heteroatoms. The van der Waals surface area contributed by atoms with E-state index in [1.165, 1.54) is 24.9 Å². The standard InChI is InChI=1S/C21H22F3N3O2S/c1-14(15-9-7-10-17(12-15)21(22,23)24)26-29-13-16-8-5-6-11-18(16)19(27-28-3)20(25-2)30-4/h5-12H,13H2,1-4H3/b25-20?,26-14-,27-19-. The Balaban J connectivity index is 2.24. The van der Waals surface area contributed by atoms with E-state index in [1.807, 2.05) is 30.5 Å². The van der Waals surface area contributed by atoms with E-state index >= 15 is 0 Å². The maximum atomic E-state index is 12.9. The van der Waals surface area contributed by atoms with Gasteiger partial charge in [-0.2, -0.15) is 13.2 Å². The van der Waals surface area contributed by atoms with E-state index in [1.54, 1.807) is 20.0 Å². The summed E-state index contributed by atoms with van der Waals surface area (Å²) >= 11 is 1.43. The highest BCUT2D eigenvalue weighted by atomic mass is 32.2. The minimum absolute atomic E-state index is 0.0978. The van der Waals surface area contributed by atoms with Crippen LogP contribution < -0.4 is 0 Å². The molecule has 2 rings (SSSR count). The van der Waals surface area contributed by atoms with Crippen molar-refractivity contribution in [3.63, 3.8) is 0 Å². The lowest BCUT2D eigenvalue weighted by Gasteiger charge is -2.12. The molecule has 0 N–H and O–H groups in total. The molecule has 5 nitrogen and oxygen atoms in total. The molecule has 0 aromatic heterocycles. The molecule has 2 aromatic rings. The van der Waals surface area contributed by atoms with Crippen molar-refractivity contribution in [3.8, 4) is 0 Å². The Bertz CT molecular complexity index is 957. The third-order valence-electron chi connectivity index (χ3n) is 4.08. The maximum Gasteiger partial charge on any atom is 0.416 e. The fraction of sp³-hybridized carbons (Fsp3) is 0.286. The molecule has 0 aliphatic heterocycles. The van der Waals surface area contributed by atoms with Gasteiger partial charge in [0.2, 0.25) is 0 Å². The van der Waals surface area contributed by atoms with Crippen LogP contribution in [0.5, 0.6) is 0 Å². The maximum absolute atomic E-state index is 12.9. The molecule has 0 heterocycles. The molecule has 0 spiro atoms. The van der Waals surface area contributed by atoms with Crippen LogP contribution in [0.1, 0.15) is 29.2 Å². The number of benzene rings is 2. The number of thioether (sulfide) groups is 1. The van der Waals surface area contributed by atoms with Crippen LogP contribution in [-0.2, 0) is 22.5 Å². The highest BCUT2D eigenvalue weighted by molar-refractivity contribution is 8.15. The lowest BCUT2D eigenvalue weighted by Crippen LogP contribution is -2.15. The Morgan fingerprint density at radius 1 is 1.07 bits per heavy atom. The number of rotatable bonds is 7. The molecule has 160 valence electrons. The first kappa shape index (κ1) is 23.5. The van der Waals surface area contributed by atoms with Gasteiger partial charge in [-0.1, -0.05) is 46.7 Å². The Hall–Kier alpha value is -2.81. The topological polar surface area (TPSA) is 55.5 Å². The smallest absolute Gasteiger partial charge is 0.399 e. The van der Waals surface area contributed by atoms with Gasteiger partial charge in [0.25, 0.3) is 0 Å². The molecule has 0 atom stereocenters. The molecule has 0 amide bonds. The van der Waals surface area contributed by atoms with E-state index in [0.717, 1.165) is 23.3 Å². The number of alkyl halides is 3. The molecule has 0 radical (unpaired) electrons. The van der Waals surface area contributed by atoms with Crippen LogP contribution in [0.25, 0.3) is 0 Å². The quantitative estimate of drug-likeness (QED) is 0.332. The van der Waals surface area contributed by atoms with Crippen molar-refractivity contribution < 1.29 is 22.8 Å². The molecule has 0 saturated carbocycles. The summed E-state index contributed by atoms with van der Waals surface area (Å²) in [5.41, 5.74) is 2.05. The number of aliphatic imine (C=N–C) groups is 1. The van der Waals surface area contributed by atoms with E-state index in [-0.39, 0.29) is 6.61 Å². The summed E-state index contributed by atoms with van der Waals surface area (Å²) in [7, 11) is 3.12. The number of halogens is 3. The molecule has 0 bridgehead atoms. The van der Waals surface area contributed by atoms with Crippen LogP contribution in [0.2, 0.25) is 0 Å². The van der Waals surface area contributed by atoms with Crippen LogP contribution in [0, 0.1) is 0 Å². The predicted octanol–water partition coefficient (Wildman–Crippen LogP) is 5.39.